The van der Waals surface area contributed by atoms with Crippen molar-refractivity contribution >= 4 is 61.1 Å². The Labute approximate surface area is 248 Å². The first-order valence-electron chi connectivity index (χ1n) is 13.0. The summed E-state index contributed by atoms with van der Waals surface area (Å²) in [5.74, 6) is -1.24. The predicted molar refractivity (Wildman–Crippen MR) is 155 cm³/mol. The second kappa shape index (κ2) is 10.6. The van der Waals surface area contributed by atoms with Crippen molar-refractivity contribution in [2.24, 2.45) is 23.7 Å². The van der Waals surface area contributed by atoms with Gasteiger partial charge in [0.2, 0.25) is 17.6 Å². The van der Waals surface area contributed by atoms with Crippen LogP contribution >= 0.6 is 31.9 Å². The summed E-state index contributed by atoms with van der Waals surface area (Å²) < 4.78 is 10.9. The second-order valence-corrected chi connectivity index (χ2v) is 12.5. The number of Topliss-reactive ketones (excluding diaryl/α,β-unsaturated/α-hetero) is 1. The highest BCUT2D eigenvalue weighted by Crippen LogP contribution is 2.60. The number of anilines is 1. The van der Waals surface area contributed by atoms with Crippen LogP contribution in [0.15, 0.2) is 78.9 Å². The zero-order chi connectivity index (χ0) is 28.1. The molecule has 9 heteroatoms. The number of carbonyl (C=O) groups is 4. The van der Waals surface area contributed by atoms with E-state index in [0.717, 1.165) is 6.42 Å². The molecule has 0 aromatic heterocycles. The summed E-state index contributed by atoms with van der Waals surface area (Å²) in [7, 11) is 1.54. The zero-order valence-electron chi connectivity index (χ0n) is 21.4. The Morgan fingerprint density at radius 1 is 0.800 bits per heavy atom. The number of hydrogen-bond donors (Lipinski definition) is 0. The molecule has 40 heavy (non-hydrogen) atoms. The minimum Gasteiger partial charge on any atom is -0.497 e. The van der Waals surface area contributed by atoms with Crippen LogP contribution < -0.4 is 9.64 Å². The molecule has 7 atom stereocenters. The predicted octanol–water partition coefficient (Wildman–Crippen LogP) is 5.76. The quantitative estimate of drug-likeness (QED) is 0.138. The number of halogens is 2. The first-order chi connectivity index (χ1) is 19.3. The third-order valence-corrected chi connectivity index (χ3v) is 11.5. The molecule has 2 amide bonds. The van der Waals surface area contributed by atoms with Gasteiger partial charge in [-0.3, -0.25) is 19.3 Å². The van der Waals surface area contributed by atoms with Crippen LogP contribution in [0.4, 0.5) is 5.69 Å². The van der Waals surface area contributed by atoms with Crippen LogP contribution in [-0.2, 0) is 14.3 Å². The molecule has 204 valence electrons. The number of methoxy groups -OCH3 is 1. The molecule has 0 N–H and O–H groups in total. The molecule has 3 aromatic rings. The Bertz CT molecular complexity index is 1440. The minimum absolute atomic E-state index is 0.119. The molecule has 0 spiro atoms. The Morgan fingerprint density at radius 2 is 1.35 bits per heavy atom. The summed E-state index contributed by atoms with van der Waals surface area (Å²) in [6.45, 7) is 0. The lowest BCUT2D eigenvalue weighted by Gasteiger charge is -2.28. The van der Waals surface area contributed by atoms with E-state index in [2.05, 4.69) is 31.9 Å². The molecule has 3 aromatic carbocycles. The monoisotopic (exact) mass is 665 g/mol. The van der Waals surface area contributed by atoms with Gasteiger partial charge in [-0.25, -0.2) is 4.79 Å². The van der Waals surface area contributed by atoms with Gasteiger partial charge in [-0.1, -0.05) is 62.2 Å². The minimum atomic E-state index is -1.16. The van der Waals surface area contributed by atoms with E-state index in [0.29, 0.717) is 22.6 Å². The van der Waals surface area contributed by atoms with Gasteiger partial charge in [0.25, 0.3) is 0 Å². The van der Waals surface area contributed by atoms with Gasteiger partial charge in [-0.15, -0.1) is 0 Å². The number of esters is 1. The van der Waals surface area contributed by atoms with E-state index in [1.165, 1.54) is 17.0 Å². The number of amides is 2. The number of rotatable bonds is 7. The van der Waals surface area contributed by atoms with E-state index < -0.39 is 12.1 Å². The molecular weight excluding hydrogens is 642 g/mol. The van der Waals surface area contributed by atoms with E-state index in [1.807, 2.05) is 6.07 Å². The maximum atomic E-state index is 13.4. The van der Waals surface area contributed by atoms with Crippen LogP contribution in [0.25, 0.3) is 0 Å². The molecule has 2 aliphatic carbocycles. The van der Waals surface area contributed by atoms with Gasteiger partial charge in [-0.2, -0.15) is 0 Å². The van der Waals surface area contributed by atoms with E-state index in [1.54, 1.807) is 67.8 Å². The van der Waals surface area contributed by atoms with Crippen LogP contribution in [0.1, 0.15) is 38.8 Å². The van der Waals surface area contributed by atoms with Crippen LogP contribution in [-0.4, -0.2) is 40.3 Å². The highest BCUT2D eigenvalue weighted by molar-refractivity contribution is 9.12. The molecule has 7 unspecified atom stereocenters. The Hall–Kier alpha value is -3.30. The SMILES string of the molecule is COc1ccc(C(=O)C(OC(=O)c2ccc(N3C(=O)C4C5CC(C(Br)C5Br)C4C3=O)cc2)c2ccccc2)cc1. The number of carbonyl (C=O) groups excluding carboxylic acids is 4. The van der Waals surface area contributed by atoms with Crippen molar-refractivity contribution in [3.63, 3.8) is 0 Å². The number of alkyl halides is 2. The third-order valence-electron chi connectivity index (χ3n) is 8.29. The summed E-state index contributed by atoms with van der Waals surface area (Å²) in [6, 6.07) is 21.6. The summed E-state index contributed by atoms with van der Waals surface area (Å²) in [5, 5.41) is 0. The van der Waals surface area contributed by atoms with Crippen molar-refractivity contribution in [3.8, 4) is 5.75 Å². The average Bonchev–Trinajstić information content (AvgIpc) is 3.60. The van der Waals surface area contributed by atoms with Crippen molar-refractivity contribution in [2.45, 2.75) is 22.2 Å². The van der Waals surface area contributed by atoms with Gasteiger partial charge in [0.05, 0.1) is 30.2 Å². The van der Waals surface area contributed by atoms with Gasteiger partial charge in [0.15, 0.2) is 6.10 Å². The molecule has 6 rings (SSSR count). The number of fused-ring (bicyclic) bond motifs is 5. The Kier molecular flexibility index (Phi) is 7.12. The molecular formula is C31H25Br2NO6. The third kappa shape index (κ3) is 4.39. The van der Waals surface area contributed by atoms with Crippen LogP contribution in [0.3, 0.4) is 0 Å². The van der Waals surface area contributed by atoms with Gasteiger partial charge >= 0.3 is 5.97 Å². The van der Waals surface area contributed by atoms with Crippen LogP contribution in [0.2, 0.25) is 0 Å². The first-order valence-corrected chi connectivity index (χ1v) is 14.8. The molecule has 7 nitrogen and oxygen atoms in total. The summed E-state index contributed by atoms with van der Waals surface area (Å²) in [6.07, 6.45) is -0.303. The highest BCUT2D eigenvalue weighted by atomic mass is 79.9. The zero-order valence-corrected chi connectivity index (χ0v) is 24.6. The highest BCUT2D eigenvalue weighted by Gasteiger charge is 2.66. The van der Waals surface area contributed by atoms with Crippen molar-refractivity contribution in [2.75, 3.05) is 12.0 Å². The van der Waals surface area contributed by atoms with Crippen molar-refractivity contribution in [1.29, 1.82) is 0 Å². The van der Waals surface area contributed by atoms with Crippen molar-refractivity contribution < 1.29 is 28.7 Å². The molecule has 0 radical (unpaired) electrons. The summed E-state index contributed by atoms with van der Waals surface area (Å²) >= 11 is 7.41. The fourth-order valence-corrected chi connectivity index (χ4v) is 8.21. The largest absolute Gasteiger partial charge is 0.497 e. The molecule has 1 saturated heterocycles. The number of hydrogen-bond acceptors (Lipinski definition) is 6. The molecule has 1 aliphatic heterocycles. The fourth-order valence-electron chi connectivity index (χ4n) is 6.33. The van der Waals surface area contributed by atoms with Crippen molar-refractivity contribution in [1.82, 2.24) is 0 Å². The van der Waals surface area contributed by atoms with Crippen molar-refractivity contribution in [3.05, 3.63) is 95.6 Å². The normalized spacial score (nSPS) is 27.4. The first kappa shape index (κ1) is 26.9. The van der Waals surface area contributed by atoms with E-state index in [4.69, 9.17) is 9.47 Å². The maximum absolute atomic E-state index is 13.4. The van der Waals surface area contributed by atoms with Crippen LogP contribution in [0.5, 0.6) is 5.75 Å². The van der Waals surface area contributed by atoms with E-state index in [-0.39, 0.29) is 56.5 Å². The second-order valence-electron chi connectivity index (χ2n) is 10.4. The van der Waals surface area contributed by atoms with Gasteiger partial charge in [-0.05, 0) is 66.8 Å². The number of imide groups is 1. The lowest BCUT2D eigenvalue weighted by Crippen LogP contribution is -2.37. The number of benzene rings is 3. The van der Waals surface area contributed by atoms with E-state index in [9.17, 15) is 19.2 Å². The fraction of sp³-hybridized carbons (Fsp3) is 0.290. The topological polar surface area (TPSA) is 90.0 Å². The van der Waals surface area contributed by atoms with Gasteiger partial charge < -0.3 is 9.47 Å². The molecule has 1 heterocycles. The lowest BCUT2D eigenvalue weighted by atomic mass is 9.81. The average molecular weight is 667 g/mol. The standard InChI is InChI=1S/C31H25Br2NO6/c1-39-20-13-9-16(10-14-20)27(35)28(17-5-3-2-4-6-17)40-31(38)18-7-11-19(12-8-18)34-29(36)23-21-15-22(24(23)30(34)37)26(33)25(21)32/h2-14,21-26,28H,15H2,1H3. The molecule has 3 aliphatic rings. The lowest BCUT2D eigenvalue weighted by molar-refractivity contribution is -0.123. The Morgan fingerprint density at radius 3 is 1.90 bits per heavy atom. The molecule has 3 fully saturated rings. The van der Waals surface area contributed by atoms with Gasteiger partial charge in [0.1, 0.15) is 5.75 Å². The number of ketones is 1. The maximum Gasteiger partial charge on any atom is 0.339 e. The molecule has 2 saturated carbocycles. The smallest absolute Gasteiger partial charge is 0.339 e. The van der Waals surface area contributed by atoms with Crippen LogP contribution in [0, 0.1) is 23.7 Å². The van der Waals surface area contributed by atoms with E-state index >= 15 is 0 Å². The number of nitrogens with zero attached hydrogens (tertiary/aromatic N) is 1. The summed E-state index contributed by atoms with van der Waals surface area (Å²) in [5.41, 5.74) is 1.54. The van der Waals surface area contributed by atoms with Gasteiger partial charge in [0, 0.05) is 20.8 Å². The summed E-state index contributed by atoms with van der Waals surface area (Å²) in [4.78, 5) is 54.9. The number of ether oxygens (including phenoxy) is 2. The molecule has 2 bridgehead atoms. The Balaban J connectivity index is 1.21.